The molecule has 30 heavy (non-hydrogen) atoms. The predicted octanol–water partition coefficient (Wildman–Crippen LogP) is 0.579. The van der Waals surface area contributed by atoms with Crippen LogP contribution >= 0.6 is 0 Å². The molecule has 0 aromatic heterocycles. The van der Waals surface area contributed by atoms with E-state index in [1.54, 1.807) is 0 Å². The average molecular weight is 426 g/mol. The third kappa shape index (κ3) is 5.00. The van der Waals surface area contributed by atoms with Gasteiger partial charge in [0.25, 0.3) is 0 Å². The van der Waals surface area contributed by atoms with Gasteiger partial charge in [0.05, 0.1) is 32.0 Å². The molecule has 0 radical (unpaired) electrons. The highest BCUT2D eigenvalue weighted by Crippen LogP contribution is 2.32. The maximum absolute atomic E-state index is 12.5. The van der Waals surface area contributed by atoms with Crippen molar-refractivity contribution in [2.24, 2.45) is 5.92 Å². The number of aliphatic hydroxyl groups is 1. The van der Waals surface area contributed by atoms with Crippen molar-refractivity contribution in [2.45, 2.75) is 81.4 Å². The molecule has 172 valence electrons. The average Bonchev–Trinajstić information content (AvgIpc) is 3.40. The molecule has 3 saturated heterocycles. The molecule has 4 fully saturated rings. The second-order valence-corrected chi connectivity index (χ2v) is 9.55. The lowest BCUT2D eigenvalue weighted by Gasteiger charge is -2.43. The lowest BCUT2D eigenvalue weighted by molar-refractivity contribution is -0.150. The number of methoxy groups -OCH3 is 2. The number of aliphatic hydroxyl groups excluding tert-OH is 1. The Balaban J connectivity index is 1.37. The molecule has 3 heterocycles. The molecule has 8 heteroatoms. The zero-order chi connectivity index (χ0) is 21.1. The van der Waals surface area contributed by atoms with E-state index in [0.29, 0.717) is 18.2 Å². The third-order valence-corrected chi connectivity index (χ3v) is 7.76. The van der Waals surface area contributed by atoms with Crippen molar-refractivity contribution in [2.75, 3.05) is 47.1 Å². The fourth-order valence-corrected chi connectivity index (χ4v) is 5.96. The zero-order valence-corrected chi connectivity index (χ0v) is 18.5. The number of hydrogen-bond donors (Lipinski definition) is 2. The molecule has 4 unspecified atom stereocenters. The minimum atomic E-state index is -0.224. The Kier molecular flexibility index (Phi) is 7.65. The fourth-order valence-electron chi connectivity index (χ4n) is 5.96. The van der Waals surface area contributed by atoms with Gasteiger partial charge in [-0.1, -0.05) is 0 Å². The van der Waals surface area contributed by atoms with Crippen LogP contribution < -0.4 is 5.32 Å². The van der Waals surface area contributed by atoms with Gasteiger partial charge in [0.2, 0.25) is 0 Å². The number of carbonyl (C=O) groups is 1. The van der Waals surface area contributed by atoms with Crippen molar-refractivity contribution < 1.29 is 24.1 Å². The van der Waals surface area contributed by atoms with Gasteiger partial charge in [0.15, 0.2) is 0 Å². The van der Waals surface area contributed by atoms with Gasteiger partial charge >= 0.3 is 5.97 Å². The summed E-state index contributed by atoms with van der Waals surface area (Å²) in [5, 5.41) is 13.0. The summed E-state index contributed by atoms with van der Waals surface area (Å²) in [5.74, 6) is 0.579. The van der Waals surface area contributed by atoms with Gasteiger partial charge in [-0.3, -0.25) is 19.9 Å². The normalized spacial score (nSPS) is 40.4. The maximum atomic E-state index is 12.5. The summed E-state index contributed by atoms with van der Waals surface area (Å²) in [6.45, 7) is 3.67. The summed E-state index contributed by atoms with van der Waals surface area (Å²) in [5.41, 5.74) is 0. The number of nitrogens with zero attached hydrogens (tertiary/aromatic N) is 2. The molecule has 0 bridgehead atoms. The topological polar surface area (TPSA) is 83.5 Å². The molecule has 3 aliphatic heterocycles. The molecular formula is C22H39N3O5. The molecule has 0 amide bonds. The maximum Gasteiger partial charge on any atom is 0.323 e. The van der Waals surface area contributed by atoms with E-state index in [2.05, 4.69) is 15.1 Å². The Labute approximate surface area is 180 Å². The van der Waals surface area contributed by atoms with E-state index in [9.17, 15) is 9.90 Å². The molecule has 5 atom stereocenters. The second-order valence-electron chi connectivity index (χ2n) is 9.55. The van der Waals surface area contributed by atoms with Crippen molar-refractivity contribution in [1.82, 2.24) is 15.1 Å². The van der Waals surface area contributed by atoms with Crippen molar-refractivity contribution in [3.8, 4) is 0 Å². The van der Waals surface area contributed by atoms with Gasteiger partial charge in [-0.25, -0.2) is 0 Å². The van der Waals surface area contributed by atoms with Gasteiger partial charge < -0.3 is 19.3 Å². The van der Waals surface area contributed by atoms with Crippen molar-refractivity contribution in [3.63, 3.8) is 0 Å². The zero-order valence-electron chi connectivity index (χ0n) is 18.5. The Morgan fingerprint density at radius 2 is 1.83 bits per heavy atom. The first-order chi connectivity index (χ1) is 14.6. The van der Waals surface area contributed by atoms with Gasteiger partial charge in [0, 0.05) is 45.5 Å². The van der Waals surface area contributed by atoms with Gasteiger partial charge in [-0.15, -0.1) is 0 Å². The molecule has 0 spiro atoms. The highest BCUT2D eigenvalue weighted by atomic mass is 16.5. The Hall–Kier alpha value is -0.770. The van der Waals surface area contributed by atoms with E-state index >= 15 is 0 Å². The van der Waals surface area contributed by atoms with E-state index in [-0.39, 0.29) is 30.8 Å². The molecule has 4 aliphatic rings. The first-order valence-corrected chi connectivity index (χ1v) is 11.7. The van der Waals surface area contributed by atoms with Crippen LogP contribution in [0.3, 0.4) is 0 Å². The monoisotopic (exact) mass is 425 g/mol. The Bertz CT molecular complexity index is 571. The van der Waals surface area contributed by atoms with Crippen LogP contribution in [0.2, 0.25) is 0 Å². The quantitative estimate of drug-likeness (QED) is 0.573. The number of esters is 1. The van der Waals surface area contributed by atoms with E-state index in [1.165, 1.54) is 20.0 Å². The molecule has 1 aliphatic carbocycles. The van der Waals surface area contributed by atoms with Crippen molar-refractivity contribution in [3.05, 3.63) is 0 Å². The minimum absolute atomic E-state index is 0.0593. The number of rotatable bonds is 7. The summed E-state index contributed by atoms with van der Waals surface area (Å²) >= 11 is 0. The highest BCUT2D eigenvalue weighted by molar-refractivity contribution is 5.76. The standard InChI is InChI=1S/C22H39N3O5/c1-28-16-5-3-15(4-6-16)10-25-14-23-19-9-20(22(27)29-2)24(12-21(19)25)11-17-7-8-18(13-26)30-17/h15-21,23,26H,3-14H2,1-2H3/t15?,16?,17?,18?,19?,20-,21?/m0/s1. The van der Waals surface area contributed by atoms with Crippen molar-refractivity contribution in [1.29, 1.82) is 0 Å². The number of nitrogens with one attached hydrogen (secondary N) is 1. The number of hydrogen-bond acceptors (Lipinski definition) is 8. The largest absolute Gasteiger partial charge is 0.468 e. The molecule has 4 rings (SSSR count). The first-order valence-electron chi connectivity index (χ1n) is 11.7. The summed E-state index contributed by atoms with van der Waals surface area (Å²) in [6.07, 6.45) is 7.87. The smallest absolute Gasteiger partial charge is 0.323 e. The number of carbonyl (C=O) groups excluding carboxylic acids is 1. The van der Waals surface area contributed by atoms with Crippen LogP contribution in [0.25, 0.3) is 0 Å². The van der Waals surface area contributed by atoms with Crippen LogP contribution in [0, 0.1) is 5.92 Å². The van der Waals surface area contributed by atoms with Gasteiger partial charge in [-0.05, 0) is 50.9 Å². The van der Waals surface area contributed by atoms with Crippen LogP contribution in [0.4, 0.5) is 0 Å². The van der Waals surface area contributed by atoms with Crippen LogP contribution in [-0.2, 0) is 19.0 Å². The Morgan fingerprint density at radius 3 is 2.50 bits per heavy atom. The van der Waals surface area contributed by atoms with Crippen molar-refractivity contribution >= 4 is 5.97 Å². The van der Waals surface area contributed by atoms with E-state index in [0.717, 1.165) is 64.3 Å². The summed E-state index contributed by atoms with van der Waals surface area (Å²) in [4.78, 5) is 17.4. The van der Waals surface area contributed by atoms with Crippen LogP contribution in [0.5, 0.6) is 0 Å². The third-order valence-electron chi connectivity index (χ3n) is 7.76. The SMILES string of the molecule is COC(=O)[C@@H]1CC2NCN(CC3CCC(OC)CC3)C2CN1CC1CCC(CO)O1. The molecule has 8 nitrogen and oxygen atoms in total. The van der Waals surface area contributed by atoms with Gasteiger partial charge in [-0.2, -0.15) is 0 Å². The highest BCUT2D eigenvalue weighted by Gasteiger charge is 2.46. The molecule has 2 N–H and O–H groups in total. The summed E-state index contributed by atoms with van der Waals surface area (Å²) < 4.78 is 16.6. The lowest BCUT2D eigenvalue weighted by atomic mass is 9.86. The summed E-state index contributed by atoms with van der Waals surface area (Å²) in [7, 11) is 3.30. The molecular weight excluding hydrogens is 386 g/mol. The van der Waals surface area contributed by atoms with E-state index < -0.39 is 0 Å². The number of ether oxygens (including phenoxy) is 3. The lowest BCUT2D eigenvalue weighted by Crippen LogP contribution is -2.60. The molecule has 1 saturated carbocycles. The number of piperidine rings is 1. The predicted molar refractivity (Wildman–Crippen MR) is 112 cm³/mol. The molecule has 0 aromatic rings. The second kappa shape index (κ2) is 10.2. The van der Waals surface area contributed by atoms with Crippen LogP contribution in [-0.4, -0.2) is 104 Å². The minimum Gasteiger partial charge on any atom is -0.468 e. The van der Waals surface area contributed by atoms with Crippen LogP contribution in [0.1, 0.15) is 44.9 Å². The van der Waals surface area contributed by atoms with Crippen LogP contribution in [0.15, 0.2) is 0 Å². The number of likely N-dealkylation sites (tertiary alicyclic amines) is 1. The molecule has 0 aromatic carbocycles. The number of fused-ring (bicyclic) bond motifs is 1. The summed E-state index contributed by atoms with van der Waals surface area (Å²) in [6, 6.07) is 0.522. The van der Waals surface area contributed by atoms with E-state index in [4.69, 9.17) is 14.2 Å². The van der Waals surface area contributed by atoms with E-state index in [1.807, 2.05) is 7.11 Å². The van der Waals surface area contributed by atoms with Gasteiger partial charge in [0.1, 0.15) is 6.04 Å². The Morgan fingerprint density at radius 1 is 1.07 bits per heavy atom. The fraction of sp³-hybridized carbons (Fsp3) is 0.955. The first kappa shape index (κ1) is 22.4.